The summed E-state index contributed by atoms with van der Waals surface area (Å²) in [6, 6.07) is 0. The second-order valence-corrected chi connectivity index (χ2v) is 7.65. The minimum Gasteiger partial charge on any atom is -0.323 e. The average molecular weight is 357 g/mol. The van der Waals surface area contributed by atoms with E-state index in [2.05, 4.69) is 22.4 Å². The normalized spacial score (nSPS) is 14.5. The van der Waals surface area contributed by atoms with Gasteiger partial charge in [-0.25, -0.2) is 0 Å². The summed E-state index contributed by atoms with van der Waals surface area (Å²) >= 11 is 2.96. The number of carbonyl (C=O) groups excluding carboxylic acids is 2. The molecule has 1 saturated heterocycles. The monoisotopic (exact) mass is 356 g/mol. The second-order valence-electron chi connectivity index (χ2n) is 5.64. The molecule has 0 radical (unpaired) electrons. The molecule has 0 aromatic carbocycles. The van der Waals surface area contributed by atoms with Crippen molar-refractivity contribution in [3.63, 3.8) is 0 Å². The zero-order valence-corrected chi connectivity index (χ0v) is 15.2. The number of anilines is 1. The van der Waals surface area contributed by atoms with Gasteiger partial charge in [0.05, 0.1) is 11.6 Å². The number of carbonyl (C=O) groups is 2. The molecule has 1 aliphatic rings. The molecule has 0 aliphatic carbocycles. The van der Waals surface area contributed by atoms with E-state index in [4.69, 9.17) is 0 Å². The lowest BCUT2D eigenvalue weighted by molar-refractivity contribution is -0.130. The Labute approximate surface area is 145 Å². The van der Waals surface area contributed by atoms with Crippen LogP contribution in [0.15, 0.2) is 0 Å². The average Bonchev–Trinajstić information content (AvgIpc) is 3.13. The highest BCUT2D eigenvalue weighted by molar-refractivity contribution is 8.00. The molecule has 2 rings (SSSR count). The lowest BCUT2D eigenvalue weighted by Gasteiger charge is -2.12. The van der Waals surface area contributed by atoms with Gasteiger partial charge in [-0.05, 0) is 6.42 Å². The maximum Gasteiger partial charge on any atom is 0.245 e. The van der Waals surface area contributed by atoms with Crippen molar-refractivity contribution >= 4 is 40.0 Å². The Bertz CT molecular complexity index is 521. The Morgan fingerprint density at radius 2 is 2.00 bits per heavy atom. The fraction of sp³-hybridized carbons (Fsp3) is 0.733. The van der Waals surface area contributed by atoms with E-state index >= 15 is 0 Å². The Morgan fingerprint density at radius 1 is 1.22 bits per heavy atom. The molecule has 128 valence electrons. The van der Waals surface area contributed by atoms with E-state index in [1.165, 1.54) is 55.2 Å². The van der Waals surface area contributed by atoms with Crippen molar-refractivity contribution in [2.24, 2.45) is 0 Å². The van der Waals surface area contributed by atoms with Crippen molar-refractivity contribution in [1.29, 1.82) is 0 Å². The van der Waals surface area contributed by atoms with Crippen molar-refractivity contribution in [1.82, 2.24) is 15.1 Å². The molecule has 0 saturated carbocycles. The van der Waals surface area contributed by atoms with Crippen LogP contribution in [0.1, 0.15) is 50.5 Å². The van der Waals surface area contributed by atoms with E-state index in [1.807, 2.05) is 0 Å². The Balaban J connectivity index is 1.65. The molecular formula is C15H24N4O2S2. The molecule has 0 atom stereocenters. The molecule has 1 aromatic rings. The number of nitrogens with zero attached hydrogens (tertiary/aromatic N) is 3. The summed E-state index contributed by atoms with van der Waals surface area (Å²) in [5.74, 6) is 0.870. The molecular weight excluding hydrogens is 332 g/mol. The van der Waals surface area contributed by atoms with Gasteiger partial charge >= 0.3 is 0 Å². The maximum absolute atomic E-state index is 11.9. The number of amides is 2. The van der Waals surface area contributed by atoms with Gasteiger partial charge in [0, 0.05) is 6.42 Å². The van der Waals surface area contributed by atoms with E-state index in [0.29, 0.717) is 16.8 Å². The third-order valence-electron chi connectivity index (χ3n) is 3.62. The molecule has 23 heavy (non-hydrogen) atoms. The van der Waals surface area contributed by atoms with Gasteiger partial charge in [0.25, 0.3) is 0 Å². The third kappa shape index (κ3) is 6.47. The van der Waals surface area contributed by atoms with Gasteiger partial charge < -0.3 is 4.90 Å². The fourth-order valence-corrected chi connectivity index (χ4v) is 4.04. The van der Waals surface area contributed by atoms with E-state index in [-0.39, 0.29) is 18.4 Å². The first-order valence-electron chi connectivity index (χ1n) is 8.16. The molecule has 1 fully saturated rings. The van der Waals surface area contributed by atoms with Crippen LogP contribution < -0.4 is 5.32 Å². The van der Waals surface area contributed by atoms with Gasteiger partial charge in [-0.2, -0.15) is 0 Å². The second kappa shape index (κ2) is 9.87. The van der Waals surface area contributed by atoms with Gasteiger partial charge in [-0.3, -0.25) is 14.9 Å². The predicted octanol–water partition coefficient (Wildman–Crippen LogP) is 2.91. The zero-order chi connectivity index (χ0) is 16.5. The molecule has 0 unspecified atom stereocenters. The predicted molar refractivity (Wildman–Crippen MR) is 94.7 cm³/mol. The van der Waals surface area contributed by atoms with E-state index in [9.17, 15) is 9.59 Å². The van der Waals surface area contributed by atoms with E-state index in [0.717, 1.165) is 17.8 Å². The number of aromatic nitrogens is 2. The van der Waals surface area contributed by atoms with Crippen molar-refractivity contribution in [3.8, 4) is 0 Å². The van der Waals surface area contributed by atoms with Crippen LogP contribution in [0.25, 0.3) is 0 Å². The minimum absolute atomic E-state index is 0.0196. The van der Waals surface area contributed by atoms with Crippen LogP contribution in [0.5, 0.6) is 0 Å². The van der Waals surface area contributed by atoms with Crippen LogP contribution >= 0.6 is 23.1 Å². The molecule has 2 amide bonds. The van der Waals surface area contributed by atoms with Gasteiger partial charge in [-0.1, -0.05) is 50.4 Å². The number of nitrogens with one attached hydrogen (secondary N) is 1. The number of hydrogen-bond donors (Lipinski definition) is 1. The lowest BCUT2D eigenvalue weighted by Crippen LogP contribution is -2.34. The number of unbranched alkanes of at least 4 members (excludes halogenated alkanes) is 5. The van der Waals surface area contributed by atoms with Gasteiger partial charge in [0.15, 0.2) is 0 Å². The van der Waals surface area contributed by atoms with Crippen LogP contribution in [0, 0.1) is 0 Å². The Morgan fingerprint density at radius 3 is 2.74 bits per heavy atom. The first kappa shape index (κ1) is 18.2. The highest BCUT2D eigenvalue weighted by atomic mass is 32.2. The lowest BCUT2D eigenvalue weighted by atomic mass is 10.1. The molecule has 0 spiro atoms. The number of thioether (sulfide) groups is 1. The molecule has 0 bridgehead atoms. The zero-order valence-electron chi connectivity index (χ0n) is 13.5. The summed E-state index contributed by atoms with van der Waals surface area (Å²) in [5, 5.41) is 12.3. The van der Waals surface area contributed by atoms with Gasteiger partial charge in [0.1, 0.15) is 11.6 Å². The first-order valence-corrected chi connectivity index (χ1v) is 10.1. The fourth-order valence-electron chi connectivity index (χ4n) is 2.33. The maximum atomic E-state index is 11.9. The van der Waals surface area contributed by atoms with Crippen LogP contribution in [0.4, 0.5) is 5.13 Å². The van der Waals surface area contributed by atoms with Gasteiger partial charge in [-0.15, -0.1) is 22.0 Å². The summed E-state index contributed by atoms with van der Waals surface area (Å²) < 4.78 is 0. The smallest absolute Gasteiger partial charge is 0.245 e. The van der Waals surface area contributed by atoms with Crippen LogP contribution in [-0.2, 0) is 16.0 Å². The standard InChI is InChI=1S/C15H24N4O2S2/c1-2-3-4-5-6-7-8-13-17-18-15(23-13)16-12(20)9-19-11-22-10-14(19)21/h2-11H2,1H3,(H,16,18,20). The first-order chi connectivity index (χ1) is 11.2. The molecule has 6 nitrogen and oxygen atoms in total. The highest BCUT2D eigenvalue weighted by Crippen LogP contribution is 2.19. The van der Waals surface area contributed by atoms with Crippen molar-refractivity contribution in [3.05, 3.63) is 5.01 Å². The molecule has 2 heterocycles. The molecule has 1 aromatic heterocycles. The summed E-state index contributed by atoms with van der Waals surface area (Å²) in [6.07, 6.45) is 8.41. The summed E-state index contributed by atoms with van der Waals surface area (Å²) in [5.41, 5.74) is 0. The largest absolute Gasteiger partial charge is 0.323 e. The number of hydrogen-bond acceptors (Lipinski definition) is 6. The van der Waals surface area contributed by atoms with Crippen LogP contribution in [0.2, 0.25) is 0 Å². The molecule has 8 heteroatoms. The summed E-state index contributed by atoms with van der Waals surface area (Å²) in [4.78, 5) is 24.9. The van der Waals surface area contributed by atoms with Crippen molar-refractivity contribution in [2.75, 3.05) is 23.5 Å². The topological polar surface area (TPSA) is 75.2 Å². The molecule has 1 N–H and O–H groups in total. The highest BCUT2D eigenvalue weighted by Gasteiger charge is 2.23. The van der Waals surface area contributed by atoms with E-state index in [1.54, 1.807) is 4.90 Å². The van der Waals surface area contributed by atoms with Gasteiger partial charge in [0.2, 0.25) is 16.9 Å². The SMILES string of the molecule is CCCCCCCCc1nnc(NC(=O)CN2CSCC2=O)s1. The Kier molecular flexibility index (Phi) is 7.81. The molecule has 1 aliphatic heterocycles. The minimum atomic E-state index is -0.205. The number of aryl methyl sites for hydroxylation is 1. The Hall–Kier alpha value is -1.15. The van der Waals surface area contributed by atoms with Crippen molar-refractivity contribution in [2.45, 2.75) is 51.9 Å². The van der Waals surface area contributed by atoms with Crippen LogP contribution in [-0.4, -0.2) is 45.1 Å². The summed E-state index contributed by atoms with van der Waals surface area (Å²) in [6.45, 7) is 2.31. The number of rotatable bonds is 10. The van der Waals surface area contributed by atoms with E-state index < -0.39 is 0 Å². The summed E-state index contributed by atoms with van der Waals surface area (Å²) in [7, 11) is 0. The van der Waals surface area contributed by atoms with Crippen LogP contribution in [0.3, 0.4) is 0 Å². The third-order valence-corrected chi connectivity index (χ3v) is 5.46. The van der Waals surface area contributed by atoms with Crippen molar-refractivity contribution < 1.29 is 9.59 Å². The quantitative estimate of drug-likeness (QED) is 0.652.